The molecule has 4 rings (SSSR count). The van der Waals surface area contributed by atoms with Crippen molar-refractivity contribution in [3.8, 4) is 0 Å². The fourth-order valence-electron chi connectivity index (χ4n) is 7.02. The van der Waals surface area contributed by atoms with E-state index in [9.17, 15) is 19.2 Å². The molecule has 1 aromatic rings. The van der Waals surface area contributed by atoms with E-state index in [1.54, 1.807) is 4.90 Å². The Balaban J connectivity index is 1.56. The number of ether oxygens (including phenoxy) is 1. The zero-order valence-corrected chi connectivity index (χ0v) is 28.7. The lowest BCUT2D eigenvalue weighted by molar-refractivity contribution is -0.145. The van der Waals surface area contributed by atoms with Gasteiger partial charge in [0.2, 0.25) is 17.7 Å². The van der Waals surface area contributed by atoms with Crippen LogP contribution in [0, 0.1) is 35.5 Å². The minimum Gasteiger partial charge on any atom is -0.367 e. The van der Waals surface area contributed by atoms with E-state index in [-0.39, 0.29) is 35.7 Å². The number of urea groups is 1. The van der Waals surface area contributed by atoms with Crippen LogP contribution in [-0.2, 0) is 25.7 Å². The zero-order chi connectivity index (χ0) is 33.5. The van der Waals surface area contributed by atoms with Gasteiger partial charge >= 0.3 is 6.03 Å². The Morgan fingerprint density at radius 2 is 1.64 bits per heavy atom. The molecule has 10 heteroatoms. The molecule has 250 valence electrons. The minimum absolute atomic E-state index is 0.0321. The number of hydrogen-bond donors (Lipinski definition) is 4. The van der Waals surface area contributed by atoms with E-state index in [2.05, 4.69) is 29.8 Å². The number of hydrogen-bond acceptors (Lipinski definition) is 5. The summed E-state index contributed by atoms with van der Waals surface area (Å²) in [5.74, 6) is -0.721. The number of amides is 5. The number of piperidine rings is 1. The van der Waals surface area contributed by atoms with Crippen LogP contribution in [0.1, 0.15) is 92.2 Å². The molecule has 0 spiro atoms. The van der Waals surface area contributed by atoms with Gasteiger partial charge in [0, 0.05) is 12.1 Å². The van der Waals surface area contributed by atoms with Crippen LogP contribution in [0.4, 0.5) is 4.79 Å². The van der Waals surface area contributed by atoms with Crippen LogP contribution in [0.25, 0.3) is 0 Å². The number of likely N-dealkylation sites (tertiary alicyclic amines) is 1. The topological polar surface area (TPSA) is 143 Å². The predicted molar refractivity (Wildman–Crippen MR) is 174 cm³/mol. The summed E-state index contributed by atoms with van der Waals surface area (Å²) >= 11 is 0. The molecule has 0 aromatic heterocycles. The van der Waals surface area contributed by atoms with Gasteiger partial charge in [-0.25, -0.2) is 4.79 Å². The van der Waals surface area contributed by atoms with Gasteiger partial charge in [-0.1, -0.05) is 83.7 Å². The van der Waals surface area contributed by atoms with Gasteiger partial charge in [-0.3, -0.25) is 14.4 Å². The summed E-state index contributed by atoms with van der Waals surface area (Å²) in [5.41, 5.74) is 6.73. The van der Waals surface area contributed by atoms with E-state index in [1.807, 2.05) is 72.7 Å². The normalized spacial score (nSPS) is 24.5. The number of nitrogens with zero attached hydrogens (tertiary/aromatic N) is 1. The molecule has 5 amide bonds. The second-order valence-corrected chi connectivity index (χ2v) is 16.3. The molecule has 0 radical (unpaired) electrons. The fraction of sp³-hybridized carbons (Fsp3) is 0.714. The van der Waals surface area contributed by atoms with Crippen LogP contribution in [0.3, 0.4) is 0 Å². The highest BCUT2D eigenvalue weighted by Crippen LogP contribution is 2.65. The molecule has 1 aromatic carbocycles. The van der Waals surface area contributed by atoms with Crippen molar-refractivity contribution >= 4 is 23.8 Å². The highest BCUT2D eigenvalue weighted by Gasteiger charge is 2.70. The van der Waals surface area contributed by atoms with Gasteiger partial charge in [0.15, 0.2) is 6.10 Å². The number of nitrogens with one attached hydrogen (secondary N) is 3. The highest BCUT2D eigenvalue weighted by atomic mass is 16.5. The maximum Gasteiger partial charge on any atom is 0.315 e. The first-order chi connectivity index (χ1) is 20.8. The smallest absolute Gasteiger partial charge is 0.315 e. The van der Waals surface area contributed by atoms with Crippen molar-refractivity contribution in [3.05, 3.63) is 35.4 Å². The van der Waals surface area contributed by atoms with Crippen molar-refractivity contribution < 1.29 is 23.9 Å². The summed E-state index contributed by atoms with van der Waals surface area (Å²) in [6.45, 7) is 18.2. The molecule has 2 saturated carbocycles. The molecule has 6 atom stereocenters. The highest BCUT2D eigenvalue weighted by molar-refractivity contribution is 5.94. The molecular weight excluding hydrogens is 570 g/mol. The average Bonchev–Trinajstić information content (AvgIpc) is 3.20. The molecule has 3 fully saturated rings. The van der Waals surface area contributed by atoms with Crippen molar-refractivity contribution in [2.24, 2.45) is 34.3 Å². The minimum atomic E-state index is -1.02. The molecule has 45 heavy (non-hydrogen) atoms. The zero-order valence-electron chi connectivity index (χ0n) is 28.7. The molecule has 2 aliphatic carbocycles. The first kappa shape index (κ1) is 34.7. The average molecular weight is 626 g/mol. The maximum absolute atomic E-state index is 14.3. The van der Waals surface area contributed by atoms with Gasteiger partial charge < -0.3 is 31.3 Å². The largest absolute Gasteiger partial charge is 0.367 e. The van der Waals surface area contributed by atoms with Crippen molar-refractivity contribution in [3.63, 3.8) is 0 Å². The maximum atomic E-state index is 14.3. The van der Waals surface area contributed by atoms with Gasteiger partial charge in [0.05, 0.1) is 12.6 Å². The third kappa shape index (κ3) is 8.18. The second-order valence-electron chi connectivity index (χ2n) is 16.3. The Labute approximate surface area is 269 Å². The predicted octanol–water partition coefficient (Wildman–Crippen LogP) is 4.04. The Bertz CT molecular complexity index is 1260. The van der Waals surface area contributed by atoms with E-state index >= 15 is 0 Å². The quantitative estimate of drug-likeness (QED) is 0.294. The van der Waals surface area contributed by atoms with Crippen molar-refractivity contribution in [1.29, 1.82) is 0 Å². The molecular formula is C35H55N5O5. The van der Waals surface area contributed by atoms with Gasteiger partial charge in [0.1, 0.15) is 12.1 Å². The van der Waals surface area contributed by atoms with Crippen LogP contribution < -0.4 is 21.7 Å². The lowest BCUT2D eigenvalue weighted by Crippen LogP contribution is -2.62. The molecule has 5 N–H and O–H groups in total. The molecule has 2 unspecified atom stereocenters. The summed E-state index contributed by atoms with van der Waals surface area (Å²) < 4.78 is 6.12. The van der Waals surface area contributed by atoms with Gasteiger partial charge in [-0.2, -0.15) is 0 Å². The lowest BCUT2D eigenvalue weighted by atomic mass is 9.79. The molecule has 1 aliphatic heterocycles. The molecule has 3 aliphatic rings. The summed E-state index contributed by atoms with van der Waals surface area (Å²) in [6.07, 6.45) is 2.72. The second kappa shape index (κ2) is 12.9. The third-order valence-corrected chi connectivity index (χ3v) is 9.97. The van der Waals surface area contributed by atoms with Crippen molar-refractivity contribution in [1.82, 2.24) is 20.9 Å². The Morgan fingerprint density at radius 1 is 1.02 bits per heavy atom. The lowest BCUT2D eigenvalue weighted by Gasteiger charge is -2.39. The fourth-order valence-corrected chi connectivity index (χ4v) is 7.02. The number of rotatable bonds is 11. The summed E-state index contributed by atoms with van der Waals surface area (Å²) in [7, 11) is 0. The van der Waals surface area contributed by atoms with E-state index in [0.717, 1.165) is 30.4 Å². The number of primary amides is 1. The summed E-state index contributed by atoms with van der Waals surface area (Å²) in [5, 5.41) is 8.93. The third-order valence-electron chi connectivity index (χ3n) is 9.97. The van der Waals surface area contributed by atoms with Crippen LogP contribution in [0.5, 0.6) is 0 Å². The molecule has 1 heterocycles. The Kier molecular flexibility index (Phi) is 9.98. The first-order valence-corrected chi connectivity index (χ1v) is 16.5. The van der Waals surface area contributed by atoms with Crippen molar-refractivity contribution in [2.75, 3.05) is 6.54 Å². The van der Waals surface area contributed by atoms with Crippen LogP contribution in [0.2, 0.25) is 0 Å². The van der Waals surface area contributed by atoms with Gasteiger partial charge in [-0.15, -0.1) is 0 Å². The molecule has 10 nitrogen and oxygen atoms in total. The van der Waals surface area contributed by atoms with Crippen molar-refractivity contribution in [2.45, 2.75) is 124 Å². The number of aryl methyl sites for hydroxylation is 1. The Hall–Kier alpha value is -3.14. The number of carbonyl (C=O) groups excluding carboxylic acids is 4. The van der Waals surface area contributed by atoms with Crippen LogP contribution in [0.15, 0.2) is 24.3 Å². The standard InChI is InChI=1S/C35H55N5O5/c1-20-13-15-22(16-14-20)19-45-27(29(36)41)24(17-21-11-10-12-21)37-30(42)26-25-23(35(25,8)9)18-40(26)31(43)28(33(2,3)4)38-32(44)39-34(5,6)7/h13-16,21,23-28H,10-12,17-19H2,1-9H3,(H2,36,41)(H,37,42)(H2,38,39,44)/t23-,24?,25-,26-,27?,28+/m0/s1. The summed E-state index contributed by atoms with van der Waals surface area (Å²) in [4.78, 5) is 55.9. The van der Waals surface area contributed by atoms with Gasteiger partial charge in [-0.05, 0) is 68.3 Å². The van der Waals surface area contributed by atoms with E-state index in [1.165, 1.54) is 0 Å². The van der Waals surface area contributed by atoms with E-state index in [0.29, 0.717) is 18.9 Å². The number of nitrogens with two attached hydrogens (primary N) is 1. The monoisotopic (exact) mass is 625 g/mol. The van der Waals surface area contributed by atoms with E-state index in [4.69, 9.17) is 10.5 Å². The molecule has 1 saturated heterocycles. The summed E-state index contributed by atoms with van der Waals surface area (Å²) in [6, 6.07) is 5.23. The van der Waals surface area contributed by atoms with Crippen LogP contribution >= 0.6 is 0 Å². The number of fused-ring (bicyclic) bond motifs is 1. The molecule has 0 bridgehead atoms. The SMILES string of the molecule is Cc1ccc(COC(C(N)=O)C(CC2CCC2)NC(=O)[C@@H]2[C@@H]3[C@H](CN2C(=O)[C@@H](NC(=O)NC(C)(C)C)C(C)(C)C)C3(C)C)cc1. The number of benzene rings is 1. The first-order valence-electron chi connectivity index (χ1n) is 16.5. The van der Waals surface area contributed by atoms with Gasteiger partial charge in [0.25, 0.3) is 0 Å². The Morgan fingerprint density at radius 3 is 2.16 bits per heavy atom. The van der Waals surface area contributed by atoms with E-state index < -0.39 is 47.1 Å². The van der Waals surface area contributed by atoms with Crippen LogP contribution in [-0.4, -0.2) is 65.0 Å². The number of carbonyl (C=O) groups is 4.